The number of aromatic nitrogens is 1. The minimum Gasteiger partial charge on any atom is -0.481 e. The maximum absolute atomic E-state index is 13.4. The summed E-state index contributed by atoms with van der Waals surface area (Å²) < 4.78 is 29.5. The molecule has 2 fully saturated rings. The molecule has 0 aliphatic heterocycles. The number of hydrogen-bond acceptors (Lipinski definition) is 6. The van der Waals surface area contributed by atoms with Gasteiger partial charge in [-0.25, -0.2) is 18.1 Å². The first kappa shape index (κ1) is 30.7. The molecule has 40 heavy (non-hydrogen) atoms. The molecular weight excluding hydrogens is 546 g/mol. The maximum Gasteiger partial charge on any atom is 0.306 e. The molecule has 2 aromatic rings. The van der Waals surface area contributed by atoms with E-state index < -0.39 is 32.9 Å². The van der Waals surface area contributed by atoms with Gasteiger partial charge in [0.2, 0.25) is 10.0 Å². The Labute approximate surface area is 242 Å². The number of aliphatic carboxylic acids is 1. The molecule has 8 nitrogen and oxygen atoms in total. The van der Waals surface area contributed by atoms with Crippen molar-refractivity contribution < 1.29 is 23.1 Å². The number of sulfonamides is 1. The summed E-state index contributed by atoms with van der Waals surface area (Å²) in [4.78, 5) is 30.3. The monoisotopic (exact) mass is 589 g/mol. The molecule has 10 heteroatoms. The molecule has 0 saturated heterocycles. The molecule has 0 unspecified atom stereocenters. The number of nitrogens with one attached hydrogen (secondary N) is 2. The highest BCUT2D eigenvalue weighted by molar-refractivity contribution is 7.89. The second-order valence-corrected chi connectivity index (χ2v) is 16.1. The van der Waals surface area contributed by atoms with Gasteiger partial charge in [0, 0.05) is 11.6 Å². The van der Waals surface area contributed by atoms with Gasteiger partial charge in [0.1, 0.15) is 0 Å². The Balaban J connectivity index is 1.71. The zero-order chi connectivity index (χ0) is 29.5. The normalized spacial score (nSPS) is 20.6. The van der Waals surface area contributed by atoms with Gasteiger partial charge < -0.3 is 10.4 Å². The Kier molecular flexibility index (Phi) is 8.83. The molecule has 3 N–H and O–H groups in total. The number of nitrogens with zero attached hydrogens (tertiary/aromatic N) is 1. The Morgan fingerprint density at radius 1 is 1.05 bits per heavy atom. The second kappa shape index (κ2) is 11.5. The summed E-state index contributed by atoms with van der Waals surface area (Å²) in [6, 6.07) is 5.29. The van der Waals surface area contributed by atoms with Crippen LogP contribution in [0.2, 0.25) is 0 Å². The smallest absolute Gasteiger partial charge is 0.306 e. The van der Waals surface area contributed by atoms with Gasteiger partial charge in [-0.1, -0.05) is 58.9 Å². The minimum absolute atomic E-state index is 0.157. The highest BCUT2D eigenvalue weighted by Gasteiger charge is 2.36. The van der Waals surface area contributed by atoms with Crippen LogP contribution in [-0.4, -0.2) is 42.0 Å². The number of carbonyl (C=O) groups excluding carboxylic acids is 1. The van der Waals surface area contributed by atoms with Crippen molar-refractivity contribution in [1.29, 1.82) is 0 Å². The van der Waals surface area contributed by atoms with Crippen molar-refractivity contribution in [3.8, 4) is 10.4 Å². The number of hydrogen-bond donors (Lipinski definition) is 3. The molecule has 1 aromatic carbocycles. The largest absolute Gasteiger partial charge is 0.481 e. The predicted octanol–water partition coefficient (Wildman–Crippen LogP) is 5.90. The molecule has 2 aliphatic rings. The summed E-state index contributed by atoms with van der Waals surface area (Å²) in [5.74, 6) is -1.00. The van der Waals surface area contributed by atoms with Crippen molar-refractivity contribution in [3.05, 3.63) is 34.5 Å². The zero-order valence-electron chi connectivity index (χ0n) is 24.5. The molecule has 4 rings (SSSR count). The zero-order valence-corrected chi connectivity index (χ0v) is 26.1. The fourth-order valence-corrected chi connectivity index (χ4v) is 8.42. The number of benzene rings is 1. The minimum atomic E-state index is -3.76. The van der Waals surface area contributed by atoms with Crippen LogP contribution in [0.15, 0.2) is 23.1 Å². The first-order chi connectivity index (χ1) is 18.5. The van der Waals surface area contributed by atoms with Gasteiger partial charge in [0.25, 0.3) is 5.91 Å². The van der Waals surface area contributed by atoms with Crippen LogP contribution >= 0.6 is 11.3 Å². The lowest BCUT2D eigenvalue weighted by atomic mass is 9.80. The average Bonchev–Trinajstić information content (AvgIpc) is 3.22. The first-order valence-corrected chi connectivity index (χ1v) is 16.6. The standard InChI is InChI=1S/C30H43N3O5S2/c1-29(2,3)22-17-19(12-13-24(22)40(37,38)33-30(4,5)6)25-23(14-18-10-8-7-9-11-18)32-27(39-25)26(34)31-21-15-20(16-21)28(35)36/h12-13,17-18,20-21,33H,7-11,14-16H2,1-6H3,(H,31,34)(H,35,36)/t20-,21-. The third-order valence-electron chi connectivity index (χ3n) is 7.70. The molecule has 2 saturated carbocycles. The molecule has 0 atom stereocenters. The average molecular weight is 590 g/mol. The van der Waals surface area contributed by atoms with E-state index >= 15 is 0 Å². The molecular formula is C30H43N3O5S2. The lowest BCUT2D eigenvalue weighted by Gasteiger charge is -2.32. The van der Waals surface area contributed by atoms with E-state index in [1.54, 1.807) is 6.07 Å². The van der Waals surface area contributed by atoms with Crippen molar-refractivity contribution in [1.82, 2.24) is 15.0 Å². The predicted molar refractivity (Wildman–Crippen MR) is 158 cm³/mol. The molecule has 220 valence electrons. The lowest BCUT2D eigenvalue weighted by Crippen LogP contribution is -2.46. The Morgan fingerprint density at radius 2 is 1.70 bits per heavy atom. The van der Waals surface area contributed by atoms with Crippen LogP contribution in [0.4, 0.5) is 0 Å². The number of amides is 1. The molecule has 0 spiro atoms. The van der Waals surface area contributed by atoms with Gasteiger partial charge in [-0.3, -0.25) is 9.59 Å². The molecule has 0 radical (unpaired) electrons. The molecule has 2 aliphatic carbocycles. The fraction of sp³-hybridized carbons (Fsp3) is 0.633. The summed E-state index contributed by atoms with van der Waals surface area (Å²) in [5.41, 5.74) is 1.38. The van der Waals surface area contributed by atoms with Crippen LogP contribution in [0.3, 0.4) is 0 Å². The summed E-state index contributed by atoms with van der Waals surface area (Å²) in [6.45, 7) is 11.5. The first-order valence-electron chi connectivity index (χ1n) is 14.3. The third kappa shape index (κ3) is 7.31. The van der Waals surface area contributed by atoms with Crippen molar-refractivity contribution in [3.63, 3.8) is 0 Å². The third-order valence-corrected chi connectivity index (χ3v) is 10.7. The highest BCUT2D eigenvalue weighted by Crippen LogP contribution is 2.39. The van der Waals surface area contributed by atoms with Crippen LogP contribution in [-0.2, 0) is 26.7 Å². The van der Waals surface area contributed by atoms with E-state index in [1.165, 1.54) is 30.6 Å². The SMILES string of the molecule is CC(C)(C)NS(=O)(=O)c1ccc(-c2sc(C(=O)N[C@H]3C[C@H](C(=O)O)C3)nc2CC2CCCCC2)cc1C(C)(C)C. The summed E-state index contributed by atoms with van der Waals surface area (Å²) in [7, 11) is -3.76. The van der Waals surface area contributed by atoms with Gasteiger partial charge >= 0.3 is 5.97 Å². The molecule has 1 heterocycles. The Hall–Kier alpha value is -2.30. The maximum atomic E-state index is 13.4. The van der Waals surface area contributed by atoms with Crippen LogP contribution in [0.5, 0.6) is 0 Å². The Morgan fingerprint density at radius 3 is 2.27 bits per heavy atom. The summed E-state index contributed by atoms with van der Waals surface area (Å²) in [5, 5.41) is 12.5. The van der Waals surface area contributed by atoms with E-state index in [9.17, 15) is 18.0 Å². The number of rotatable bonds is 8. The van der Waals surface area contributed by atoms with Crippen molar-refractivity contribution in [2.45, 2.75) is 115 Å². The Bertz CT molecular complexity index is 1360. The summed E-state index contributed by atoms with van der Waals surface area (Å²) in [6.07, 6.45) is 7.57. The van der Waals surface area contributed by atoms with Crippen molar-refractivity contribution in [2.75, 3.05) is 0 Å². The number of carboxylic acid groups (broad SMARTS) is 1. The van der Waals surface area contributed by atoms with E-state index in [2.05, 4.69) is 10.0 Å². The van der Waals surface area contributed by atoms with E-state index in [4.69, 9.17) is 10.1 Å². The lowest BCUT2D eigenvalue weighted by molar-refractivity contribution is -0.145. The number of thiazole rings is 1. The topological polar surface area (TPSA) is 125 Å². The number of carbonyl (C=O) groups is 2. The molecule has 1 amide bonds. The summed E-state index contributed by atoms with van der Waals surface area (Å²) >= 11 is 1.33. The van der Waals surface area contributed by atoms with E-state index in [0.717, 1.165) is 35.4 Å². The number of carboxylic acids is 1. The van der Waals surface area contributed by atoms with Crippen LogP contribution in [0.1, 0.15) is 108 Å². The van der Waals surface area contributed by atoms with Gasteiger partial charge in [-0.15, -0.1) is 11.3 Å². The van der Waals surface area contributed by atoms with E-state index in [1.807, 2.05) is 53.7 Å². The van der Waals surface area contributed by atoms with Crippen LogP contribution < -0.4 is 10.0 Å². The van der Waals surface area contributed by atoms with Gasteiger partial charge in [0.05, 0.1) is 21.4 Å². The van der Waals surface area contributed by atoms with Crippen LogP contribution in [0.25, 0.3) is 10.4 Å². The highest BCUT2D eigenvalue weighted by atomic mass is 32.2. The van der Waals surface area contributed by atoms with E-state index in [-0.39, 0.29) is 16.8 Å². The van der Waals surface area contributed by atoms with Gasteiger partial charge in [-0.2, -0.15) is 0 Å². The molecule has 0 bridgehead atoms. The van der Waals surface area contributed by atoms with Crippen molar-refractivity contribution >= 4 is 33.2 Å². The fourth-order valence-electron chi connectivity index (χ4n) is 5.61. The van der Waals surface area contributed by atoms with Crippen molar-refractivity contribution in [2.24, 2.45) is 11.8 Å². The van der Waals surface area contributed by atoms with Gasteiger partial charge in [0.15, 0.2) is 5.01 Å². The van der Waals surface area contributed by atoms with Gasteiger partial charge in [-0.05, 0) is 74.6 Å². The van der Waals surface area contributed by atoms with Crippen LogP contribution in [0, 0.1) is 11.8 Å². The molecule has 1 aromatic heterocycles. The second-order valence-electron chi connectivity index (χ2n) is 13.5. The van der Waals surface area contributed by atoms with E-state index in [0.29, 0.717) is 29.3 Å². The quantitative estimate of drug-likeness (QED) is 0.352.